The lowest BCUT2D eigenvalue weighted by Crippen LogP contribution is -2.36. The summed E-state index contributed by atoms with van der Waals surface area (Å²) in [4.78, 5) is 2.50. The molecule has 0 radical (unpaired) electrons. The zero-order valence-corrected chi connectivity index (χ0v) is 10.2. The highest BCUT2D eigenvalue weighted by atomic mass is 32.1. The second kappa shape index (κ2) is 4.90. The van der Waals surface area contributed by atoms with E-state index in [1.807, 2.05) is 7.05 Å². The van der Waals surface area contributed by atoms with Crippen LogP contribution in [0.25, 0.3) is 0 Å². The number of rotatable bonds is 3. The van der Waals surface area contributed by atoms with Gasteiger partial charge in [-0.25, -0.2) is 0 Å². The molecule has 1 aromatic heterocycles. The van der Waals surface area contributed by atoms with Crippen LogP contribution >= 0.6 is 11.5 Å². The van der Waals surface area contributed by atoms with Gasteiger partial charge in [-0.1, -0.05) is 10.9 Å². The van der Waals surface area contributed by atoms with Crippen molar-refractivity contribution in [2.45, 2.75) is 38.8 Å². The number of hydrogen-bond acceptors (Lipinski definition) is 5. The van der Waals surface area contributed by atoms with Crippen LogP contribution in [0.4, 0.5) is 5.00 Å². The van der Waals surface area contributed by atoms with Crippen molar-refractivity contribution in [1.82, 2.24) is 14.5 Å². The Balaban J connectivity index is 2.01. The van der Waals surface area contributed by atoms with Crippen molar-refractivity contribution in [2.75, 3.05) is 18.9 Å². The van der Waals surface area contributed by atoms with Gasteiger partial charge in [-0.3, -0.25) is 4.90 Å². The average molecular weight is 226 g/mol. The predicted molar refractivity (Wildman–Crippen MR) is 63.2 cm³/mol. The Kier molecular flexibility index (Phi) is 3.53. The van der Waals surface area contributed by atoms with Crippen LogP contribution in [0.5, 0.6) is 0 Å². The third-order valence-electron chi connectivity index (χ3n) is 3.08. The average Bonchev–Trinajstić information content (AvgIpc) is 2.69. The third kappa shape index (κ3) is 2.46. The summed E-state index contributed by atoms with van der Waals surface area (Å²) in [5, 5.41) is 8.43. The maximum atomic E-state index is 4.18. The molecule has 15 heavy (non-hydrogen) atoms. The normalized spacial score (nSPS) is 22.9. The molecule has 0 amide bonds. The minimum Gasteiger partial charge on any atom is -0.377 e. The lowest BCUT2D eigenvalue weighted by atomic mass is 10.0. The minimum absolute atomic E-state index is 0.685. The van der Waals surface area contributed by atoms with Crippen molar-refractivity contribution in [2.24, 2.45) is 0 Å². The van der Waals surface area contributed by atoms with E-state index in [1.165, 1.54) is 37.3 Å². The highest BCUT2D eigenvalue weighted by Crippen LogP contribution is 2.23. The molecule has 0 saturated carbocycles. The first-order chi connectivity index (χ1) is 7.31. The quantitative estimate of drug-likeness (QED) is 0.855. The molecule has 1 fully saturated rings. The maximum absolute atomic E-state index is 4.18. The lowest BCUT2D eigenvalue weighted by Gasteiger charge is -2.32. The van der Waals surface area contributed by atoms with Crippen molar-refractivity contribution in [3.63, 3.8) is 0 Å². The number of hydrogen-bond donors (Lipinski definition) is 1. The Morgan fingerprint density at radius 3 is 3.13 bits per heavy atom. The van der Waals surface area contributed by atoms with Crippen molar-refractivity contribution < 1.29 is 0 Å². The zero-order valence-electron chi connectivity index (χ0n) is 9.36. The molecule has 84 valence electrons. The summed E-state index contributed by atoms with van der Waals surface area (Å²) >= 11 is 1.44. The summed E-state index contributed by atoms with van der Waals surface area (Å²) in [6.45, 7) is 4.44. The molecule has 0 aliphatic carbocycles. The van der Waals surface area contributed by atoms with Gasteiger partial charge in [0.1, 0.15) is 10.7 Å². The molecule has 1 saturated heterocycles. The van der Waals surface area contributed by atoms with Gasteiger partial charge in [0.2, 0.25) is 0 Å². The Labute approximate surface area is 94.8 Å². The maximum Gasteiger partial charge on any atom is 0.134 e. The van der Waals surface area contributed by atoms with Gasteiger partial charge in [-0.2, -0.15) is 0 Å². The summed E-state index contributed by atoms with van der Waals surface area (Å²) in [6, 6.07) is 0.685. The smallest absolute Gasteiger partial charge is 0.134 e. The first-order valence-electron chi connectivity index (χ1n) is 5.54. The highest BCUT2D eigenvalue weighted by molar-refractivity contribution is 7.10. The fourth-order valence-electron chi connectivity index (χ4n) is 2.09. The summed E-state index contributed by atoms with van der Waals surface area (Å²) in [5.74, 6) is 0. The van der Waals surface area contributed by atoms with E-state index in [9.17, 15) is 0 Å². The Bertz CT molecular complexity index is 312. The molecule has 1 N–H and O–H groups in total. The van der Waals surface area contributed by atoms with E-state index in [-0.39, 0.29) is 0 Å². The third-order valence-corrected chi connectivity index (χ3v) is 3.86. The van der Waals surface area contributed by atoms with Crippen molar-refractivity contribution in [3.05, 3.63) is 5.69 Å². The van der Waals surface area contributed by atoms with Crippen LogP contribution in [-0.2, 0) is 6.54 Å². The molecular weight excluding hydrogens is 208 g/mol. The van der Waals surface area contributed by atoms with Crippen molar-refractivity contribution >= 4 is 16.5 Å². The van der Waals surface area contributed by atoms with Crippen molar-refractivity contribution in [1.29, 1.82) is 0 Å². The van der Waals surface area contributed by atoms with E-state index in [4.69, 9.17) is 0 Å². The van der Waals surface area contributed by atoms with Gasteiger partial charge in [0.25, 0.3) is 0 Å². The monoisotopic (exact) mass is 226 g/mol. The number of likely N-dealkylation sites (tertiary alicyclic amines) is 1. The molecule has 0 spiro atoms. The van der Waals surface area contributed by atoms with E-state index in [0.717, 1.165) is 17.2 Å². The van der Waals surface area contributed by atoms with E-state index >= 15 is 0 Å². The van der Waals surface area contributed by atoms with E-state index in [0.29, 0.717) is 6.04 Å². The molecule has 0 bridgehead atoms. The van der Waals surface area contributed by atoms with Gasteiger partial charge < -0.3 is 5.32 Å². The number of aromatic nitrogens is 2. The number of anilines is 1. The standard InChI is InChI=1S/C10H18N4S/c1-8-5-3-4-6-14(8)7-9-10(11-2)15-13-12-9/h8,11H,3-7H2,1-2H3. The molecule has 1 aromatic rings. The fourth-order valence-corrected chi connectivity index (χ4v) is 2.61. The Hall–Kier alpha value is -0.680. The zero-order chi connectivity index (χ0) is 10.7. The summed E-state index contributed by atoms with van der Waals surface area (Å²) in [6.07, 6.45) is 4.00. The van der Waals surface area contributed by atoms with Gasteiger partial charge in [0, 0.05) is 31.2 Å². The largest absolute Gasteiger partial charge is 0.377 e. The molecule has 1 aliphatic heterocycles. The molecule has 2 rings (SSSR count). The lowest BCUT2D eigenvalue weighted by molar-refractivity contribution is 0.151. The van der Waals surface area contributed by atoms with E-state index < -0.39 is 0 Å². The van der Waals surface area contributed by atoms with Crippen LogP contribution in [-0.4, -0.2) is 34.1 Å². The van der Waals surface area contributed by atoms with Gasteiger partial charge in [-0.15, -0.1) is 5.10 Å². The number of nitrogens with zero attached hydrogens (tertiary/aromatic N) is 3. The summed E-state index contributed by atoms with van der Waals surface area (Å²) in [5.41, 5.74) is 1.09. The van der Waals surface area contributed by atoms with Crippen molar-refractivity contribution in [3.8, 4) is 0 Å². The number of piperidine rings is 1. The van der Waals surface area contributed by atoms with Gasteiger partial charge in [-0.05, 0) is 26.3 Å². The van der Waals surface area contributed by atoms with Gasteiger partial charge in [0.05, 0.1) is 0 Å². The van der Waals surface area contributed by atoms with E-state index in [1.54, 1.807) is 0 Å². The molecule has 2 heterocycles. The second-order valence-electron chi connectivity index (χ2n) is 4.11. The number of nitrogens with one attached hydrogen (secondary N) is 1. The van der Waals surface area contributed by atoms with Gasteiger partial charge in [0.15, 0.2) is 0 Å². The summed E-state index contributed by atoms with van der Waals surface area (Å²) < 4.78 is 3.99. The first kappa shape index (κ1) is 10.8. The van der Waals surface area contributed by atoms with Crippen LogP contribution in [0.15, 0.2) is 0 Å². The van der Waals surface area contributed by atoms with Crippen LogP contribution < -0.4 is 5.32 Å². The summed E-state index contributed by atoms with van der Waals surface area (Å²) in [7, 11) is 1.93. The van der Waals surface area contributed by atoms with Crippen LogP contribution in [0.2, 0.25) is 0 Å². The van der Waals surface area contributed by atoms with Gasteiger partial charge >= 0.3 is 0 Å². The first-order valence-corrected chi connectivity index (χ1v) is 6.31. The SMILES string of the molecule is CNc1snnc1CN1CCCCC1C. The Morgan fingerprint density at radius 2 is 2.40 bits per heavy atom. The fraction of sp³-hybridized carbons (Fsp3) is 0.800. The predicted octanol–water partition coefficient (Wildman–Crippen LogP) is 1.95. The molecule has 5 heteroatoms. The Morgan fingerprint density at radius 1 is 1.53 bits per heavy atom. The molecular formula is C10H18N4S. The van der Waals surface area contributed by atoms with E-state index in [2.05, 4.69) is 26.7 Å². The molecule has 4 nitrogen and oxygen atoms in total. The molecule has 1 atom stereocenters. The molecule has 0 aromatic carbocycles. The topological polar surface area (TPSA) is 41.1 Å². The molecule has 1 aliphatic rings. The van der Waals surface area contributed by atoms with Crippen LogP contribution in [0.3, 0.4) is 0 Å². The minimum atomic E-state index is 0.685. The second-order valence-corrected chi connectivity index (χ2v) is 4.87. The van der Waals surface area contributed by atoms with Crippen LogP contribution in [0.1, 0.15) is 31.9 Å². The molecule has 1 unspecified atom stereocenters. The van der Waals surface area contributed by atoms with Crippen LogP contribution in [0, 0.1) is 0 Å². The highest BCUT2D eigenvalue weighted by Gasteiger charge is 2.20.